The van der Waals surface area contributed by atoms with E-state index in [0.717, 1.165) is 32.5 Å². The molecular formula is C33H26ClN5O3S. The van der Waals surface area contributed by atoms with Gasteiger partial charge in [0.25, 0.3) is 0 Å². The Hall–Kier alpha value is -4.86. The fraction of sp³-hybridized carbons (Fsp3) is 0.0909. The Balaban J connectivity index is 1.42. The number of benzene rings is 4. The lowest BCUT2D eigenvalue weighted by Gasteiger charge is -2.19. The van der Waals surface area contributed by atoms with Crippen LogP contribution < -0.4 is 4.73 Å². The number of sulfone groups is 1. The molecule has 0 radical (unpaired) electrons. The standard InChI is InChI=1S/C33H26ClN5O3S/c1-43(41,42)29-14-10-24(11-15-29)25-8-5-9-26(19-25)30(18-23-6-3-2-4-7-23)33-16-12-27(21-39(33)40)31-20-28(34)13-17-32(31)38-22-35-36-37-38/h2-17,19-22,30H,18H2,1H3. The number of nitrogens with zero attached hydrogens (tertiary/aromatic N) is 5. The van der Waals surface area contributed by atoms with Crippen LogP contribution in [0, 0.1) is 5.21 Å². The van der Waals surface area contributed by atoms with E-state index in [9.17, 15) is 13.6 Å². The minimum Gasteiger partial charge on any atom is -0.618 e. The summed E-state index contributed by atoms with van der Waals surface area (Å²) in [6.07, 6.45) is 4.84. The summed E-state index contributed by atoms with van der Waals surface area (Å²) in [4.78, 5) is 0.268. The molecule has 43 heavy (non-hydrogen) atoms. The maximum absolute atomic E-state index is 13.8. The lowest BCUT2D eigenvalue weighted by Crippen LogP contribution is -2.34. The molecule has 0 aliphatic rings. The number of halogens is 1. The van der Waals surface area contributed by atoms with Crippen molar-refractivity contribution in [3.8, 4) is 27.9 Å². The number of rotatable bonds is 8. The van der Waals surface area contributed by atoms with Gasteiger partial charge >= 0.3 is 0 Å². The molecule has 6 rings (SSSR count). The van der Waals surface area contributed by atoms with Crippen molar-refractivity contribution in [1.29, 1.82) is 0 Å². The van der Waals surface area contributed by atoms with Crippen molar-refractivity contribution in [1.82, 2.24) is 20.2 Å². The predicted molar refractivity (Wildman–Crippen MR) is 166 cm³/mol. The zero-order valence-electron chi connectivity index (χ0n) is 23.1. The fourth-order valence-electron chi connectivity index (χ4n) is 5.21. The molecule has 0 amide bonds. The summed E-state index contributed by atoms with van der Waals surface area (Å²) < 4.78 is 26.3. The van der Waals surface area contributed by atoms with E-state index in [1.807, 2.05) is 54.6 Å². The van der Waals surface area contributed by atoms with Gasteiger partial charge in [-0.05, 0) is 75.5 Å². The largest absolute Gasteiger partial charge is 0.618 e. The molecule has 8 nitrogen and oxygen atoms in total. The summed E-state index contributed by atoms with van der Waals surface area (Å²) >= 11 is 6.34. The first kappa shape index (κ1) is 28.3. The molecule has 2 aromatic heterocycles. The van der Waals surface area contributed by atoms with Crippen molar-refractivity contribution in [2.45, 2.75) is 17.2 Å². The van der Waals surface area contributed by atoms with Crippen molar-refractivity contribution < 1.29 is 13.1 Å². The van der Waals surface area contributed by atoms with Crippen LogP contribution in [0.1, 0.15) is 22.7 Å². The van der Waals surface area contributed by atoms with Gasteiger partial charge < -0.3 is 5.21 Å². The molecule has 1 atom stereocenters. The number of hydrogen-bond acceptors (Lipinski definition) is 6. The molecule has 0 spiro atoms. The average Bonchev–Trinajstić information content (AvgIpc) is 3.55. The van der Waals surface area contributed by atoms with Crippen LogP contribution in [-0.4, -0.2) is 34.9 Å². The van der Waals surface area contributed by atoms with Gasteiger partial charge in [0.05, 0.1) is 16.5 Å². The molecule has 10 heteroatoms. The van der Waals surface area contributed by atoms with Crippen LogP contribution in [0.15, 0.2) is 127 Å². The number of hydrogen-bond donors (Lipinski definition) is 0. The maximum Gasteiger partial charge on any atom is 0.200 e. The predicted octanol–water partition coefficient (Wildman–Crippen LogP) is 6.06. The van der Waals surface area contributed by atoms with Gasteiger partial charge in [0.2, 0.25) is 5.69 Å². The second-order valence-electron chi connectivity index (χ2n) is 10.2. The van der Waals surface area contributed by atoms with Crippen LogP contribution in [0.2, 0.25) is 5.02 Å². The Kier molecular flexibility index (Phi) is 7.75. The van der Waals surface area contributed by atoms with Gasteiger partial charge in [-0.1, -0.05) is 78.3 Å². The second kappa shape index (κ2) is 11.8. The number of pyridine rings is 1. The third-order valence-electron chi connectivity index (χ3n) is 7.35. The highest BCUT2D eigenvalue weighted by atomic mass is 35.5. The van der Waals surface area contributed by atoms with E-state index >= 15 is 0 Å². The number of tetrazole rings is 1. The van der Waals surface area contributed by atoms with E-state index in [4.69, 9.17) is 11.6 Å². The highest BCUT2D eigenvalue weighted by molar-refractivity contribution is 7.90. The van der Waals surface area contributed by atoms with Gasteiger partial charge in [-0.2, -0.15) is 9.41 Å². The Labute approximate surface area is 254 Å². The summed E-state index contributed by atoms with van der Waals surface area (Å²) in [6.45, 7) is 0. The Bertz CT molecular complexity index is 2000. The molecule has 214 valence electrons. The normalized spacial score (nSPS) is 12.2. The molecule has 0 bridgehead atoms. The minimum absolute atomic E-state index is 0.262. The van der Waals surface area contributed by atoms with E-state index in [2.05, 4.69) is 33.7 Å². The van der Waals surface area contributed by atoms with Crippen LogP contribution in [0.25, 0.3) is 27.9 Å². The van der Waals surface area contributed by atoms with Crippen molar-refractivity contribution in [3.63, 3.8) is 0 Å². The second-order valence-corrected chi connectivity index (χ2v) is 12.7. The minimum atomic E-state index is -3.30. The zero-order valence-corrected chi connectivity index (χ0v) is 24.7. The van der Waals surface area contributed by atoms with E-state index in [-0.39, 0.29) is 10.8 Å². The van der Waals surface area contributed by atoms with Crippen molar-refractivity contribution in [2.75, 3.05) is 6.26 Å². The van der Waals surface area contributed by atoms with E-state index in [0.29, 0.717) is 28.4 Å². The molecule has 0 N–H and O–H groups in total. The maximum atomic E-state index is 13.8. The Morgan fingerprint density at radius 2 is 1.63 bits per heavy atom. The van der Waals surface area contributed by atoms with Crippen molar-refractivity contribution in [2.24, 2.45) is 0 Å². The van der Waals surface area contributed by atoms with E-state index < -0.39 is 9.84 Å². The first-order valence-electron chi connectivity index (χ1n) is 13.5. The van der Waals surface area contributed by atoms with E-state index in [1.54, 1.807) is 42.6 Å². The summed E-state index contributed by atoms with van der Waals surface area (Å²) in [5, 5.41) is 25.8. The lowest BCUT2D eigenvalue weighted by molar-refractivity contribution is -0.614. The smallest absolute Gasteiger partial charge is 0.200 e. The molecule has 0 saturated carbocycles. The van der Waals surface area contributed by atoms with Crippen LogP contribution in [0.3, 0.4) is 0 Å². The van der Waals surface area contributed by atoms with E-state index in [1.165, 1.54) is 17.3 Å². The molecule has 0 fully saturated rings. The molecular weight excluding hydrogens is 582 g/mol. The van der Waals surface area contributed by atoms with Gasteiger partial charge in [0.1, 0.15) is 6.33 Å². The molecule has 2 heterocycles. The van der Waals surface area contributed by atoms with Crippen molar-refractivity contribution in [3.05, 3.63) is 149 Å². The Morgan fingerprint density at radius 3 is 2.33 bits per heavy atom. The molecule has 0 saturated heterocycles. The Morgan fingerprint density at radius 1 is 0.860 bits per heavy atom. The summed E-state index contributed by atoms with van der Waals surface area (Å²) in [7, 11) is -3.30. The summed E-state index contributed by atoms with van der Waals surface area (Å²) in [6, 6.07) is 34.0. The average molecular weight is 608 g/mol. The lowest BCUT2D eigenvalue weighted by atomic mass is 9.87. The van der Waals surface area contributed by atoms with Crippen LogP contribution in [0.5, 0.6) is 0 Å². The monoisotopic (exact) mass is 607 g/mol. The molecule has 6 aromatic rings. The van der Waals surface area contributed by atoms with Gasteiger partial charge in [0, 0.05) is 28.5 Å². The molecule has 4 aromatic carbocycles. The third-order valence-corrected chi connectivity index (χ3v) is 8.72. The molecule has 1 unspecified atom stereocenters. The molecule has 0 aliphatic carbocycles. The van der Waals surface area contributed by atoms with Gasteiger partial charge in [0.15, 0.2) is 16.0 Å². The van der Waals surface area contributed by atoms with Crippen LogP contribution in [-0.2, 0) is 16.3 Å². The van der Waals surface area contributed by atoms with Crippen LogP contribution in [0.4, 0.5) is 0 Å². The fourth-order valence-corrected chi connectivity index (χ4v) is 6.01. The van der Waals surface area contributed by atoms with Gasteiger partial charge in [-0.25, -0.2) is 8.42 Å². The topological polar surface area (TPSA) is 105 Å². The first-order chi connectivity index (χ1) is 20.8. The summed E-state index contributed by atoms with van der Waals surface area (Å²) in [5.41, 5.74) is 6.53. The van der Waals surface area contributed by atoms with Crippen molar-refractivity contribution >= 4 is 21.4 Å². The van der Waals surface area contributed by atoms with Crippen LogP contribution >= 0.6 is 11.6 Å². The quantitative estimate of drug-likeness (QED) is 0.154. The summed E-state index contributed by atoms with van der Waals surface area (Å²) in [5.74, 6) is -0.262. The first-order valence-corrected chi connectivity index (χ1v) is 15.7. The zero-order chi connectivity index (χ0) is 30.0. The van der Waals surface area contributed by atoms with Gasteiger partial charge in [-0.3, -0.25) is 0 Å². The third kappa shape index (κ3) is 6.18. The highest BCUT2D eigenvalue weighted by Gasteiger charge is 2.24. The molecule has 0 aliphatic heterocycles. The number of aromatic nitrogens is 5. The van der Waals surface area contributed by atoms with Gasteiger partial charge in [-0.15, -0.1) is 5.10 Å². The highest BCUT2D eigenvalue weighted by Crippen LogP contribution is 2.33. The SMILES string of the molecule is CS(=O)(=O)c1ccc(-c2cccc(C(Cc3ccccc3)c3ccc(-c4cc(Cl)ccc4-n4cnnn4)c[n+]3[O-])c2)cc1.